The molecule has 0 aromatic carbocycles. The van der Waals surface area contributed by atoms with E-state index in [9.17, 15) is 0 Å². The summed E-state index contributed by atoms with van der Waals surface area (Å²) in [6.45, 7) is 8.59. The highest BCUT2D eigenvalue weighted by Crippen LogP contribution is 2.18. The minimum Gasteiger partial charge on any atom is -0.396 e. The molecule has 0 saturated heterocycles. The molecule has 2 heteroatoms. The normalized spacial score (nSPS) is 17.5. The fourth-order valence-electron chi connectivity index (χ4n) is 1.27. The molecule has 0 bridgehead atoms. The van der Waals surface area contributed by atoms with E-state index in [1.54, 1.807) is 0 Å². The summed E-state index contributed by atoms with van der Waals surface area (Å²) in [4.78, 5) is 0. The second kappa shape index (κ2) is 4.73. The highest BCUT2D eigenvalue weighted by atomic mass is 16.3. The van der Waals surface area contributed by atoms with Crippen molar-refractivity contribution in [3.05, 3.63) is 0 Å². The molecule has 0 amide bonds. The maximum Gasteiger partial charge on any atom is 0.0476 e. The fourth-order valence-corrected chi connectivity index (χ4v) is 1.27. The predicted octanol–water partition coefficient (Wildman–Crippen LogP) is 1.23. The lowest BCUT2D eigenvalue weighted by Crippen LogP contribution is -2.39. The average molecular weight is 159 g/mol. The number of hydrogen-bond donors (Lipinski definition) is 2. The van der Waals surface area contributed by atoms with E-state index in [0.29, 0.717) is 11.8 Å². The standard InChI is InChI=1S/C9H21NO/c1-6(2)8(5-11)9(10)7(3)4/h6-9,11H,5,10H2,1-4H3/t8-,9+/m1/s1. The first-order valence-electron chi connectivity index (χ1n) is 4.37. The van der Waals surface area contributed by atoms with Crippen molar-refractivity contribution in [3.63, 3.8) is 0 Å². The molecule has 0 fully saturated rings. The molecule has 11 heavy (non-hydrogen) atoms. The molecular weight excluding hydrogens is 138 g/mol. The van der Waals surface area contributed by atoms with Crippen molar-refractivity contribution in [1.82, 2.24) is 0 Å². The van der Waals surface area contributed by atoms with E-state index in [0.717, 1.165) is 0 Å². The van der Waals surface area contributed by atoms with Crippen LogP contribution in [0.4, 0.5) is 0 Å². The second-order valence-corrected chi connectivity index (χ2v) is 3.91. The molecule has 0 aliphatic rings. The van der Waals surface area contributed by atoms with Crippen LogP contribution in [0.5, 0.6) is 0 Å². The van der Waals surface area contributed by atoms with Crippen LogP contribution in [0.15, 0.2) is 0 Å². The summed E-state index contributed by atoms with van der Waals surface area (Å²) in [7, 11) is 0. The zero-order valence-electron chi connectivity index (χ0n) is 8.04. The molecule has 2 nitrogen and oxygen atoms in total. The molecule has 0 unspecified atom stereocenters. The van der Waals surface area contributed by atoms with Crippen molar-refractivity contribution >= 4 is 0 Å². The molecule has 0 spiro atoms. The summed E-state index contributed by atoms with van der Waals surface area (Å²) < 4.78 is 0. The topological polar surface area (TPSA) is 46.2 Å². The molecule has 0 aliphatic carbocycles. The molecular formula is C9H21NO. The van der Waals surface area contributed by atoms with Gasteiger partial charge in [-0.25, -0.2) is 0 Å². The minimum absolute atomic E-state index is 0.125. The zero-order chi connectivity index (χ0) is 9.02. The SMILES string of the molecule is CC(C)[C@@H](CO)[C@@H](N)C(C)C. The van der Waals surface area contributed by atoms with Crippen LogP contribution in [-0.4, -0.2) is 17.8 Å². The Kier molecular flexibility index (Phi) is 4.69. The zero-order valence-corrected chi connectivity index (χ0v) is 8.04. The molecule has 2 atom stereocenters. The first kappa shape index (κ1) is 10.9. The largest absolute Gasteiger partial charge is 0.396 e. The van der Waals surface area contributed by atoms with Crippen molar-refractivity contribution in [3.8, 4) is 0 Å². The lowest BCUT2D eigenvalue weighted by atomic mass is 9.84. The maximum atomic E-state index is 9.04. The molecule has 0 aliphatic heterocycles. The van der Waals surface area contributed by atoms with Gasteiger partial charge in [-0.15, -0.1) is 0 Å². The Morgan fingerprint density at radius 3 is 1.64 bits per heavy atom. The number of aliphatic hydroxyl groups excluding tert-OH is 1. The first-order valence-corrected chi connectivity index (χ1v) is 4.37. The fraction of sp³-hybridized carbons (Fsp3) is 1.00. The maximum absolute atomic E-state index is 9.04. The summed E-state index contributed by atoms with van der Waals surface area (Å²) in [5, 5.41) is 9.04. The quantitative estimate of drug-likeness (QED) is 0.648. The lowest BCUT2D eigenvalue weighted by molar-refractivity contribution is 0.148. The van der Waals surface area contributed by atoms with Gasteiger partial charge in [0.05, 0.1) is 0 Å². The van der Waals surface area contributed by atoms with Crippen LogP contribution in [0.2, 0.25) is 0 Å². The number of nitrogens with two attached hydrogens (primary N) is 1. The first-order chi connectivity index (χ1) is 5.00. The van der Waals surface area contributed by atoms with Crippen LogP contribution in [-0.2, 0) is 0 Å². The van der Waals surface area contributed by atoms with Crippen molar-refractivity contribution in [2.24, 2.45) is 23.5 Å². The molecule has 3 N–H and O–H groups in total. The van der Waals surface area contributed by atoms with E-state index in [1.807, 2.05) is 0 Å². The van der Waals surface area contributed by atoms with E-state index in [4.69, 9.17) is 10.8 Å². The molecule has 0 aromatic heterocycles. The van der Waals surface area contributed by atoms with Gasteiger partial charge in [-0.1, -0.05) is 27.7 Å². The van der Waals surface area contributed by atoms with Gasteiger partial charge in [0.2, 0.25) is 0 Å². The van der Waals surface area contributed by atoms with Crippen LogP contribution in [0.3, 0.4) is 0 Å². The minimum atomic E-state index is 0.125. The van der Waals surface area contributed by atoms with Crippen LogP contribution in [0, 0.1) is 17.8 Å². The van der Waals surface area contributed by atoms with Crippen molar-refractivity contribution in [1.29, 1.82) is 0 Å². The van der Waals surface area contributed by atoms with Gasteiger partial charge in [-0.05, 0) is 17.8 Å². The van der Waals surface area contributed by atoms with Gasteiger partial charge in [0.1, 0.15) is 0 Å². The van der Waals surface area contributed by atoms with E-state index in [-0.39, 0.29) is 18.6 Å². The van der Waals surface area contributed by atoms with E-state index < -0.39 is 0 Å². The van der Waals surface area contributed by atoms with Crippen LogP contribution in [0.25, 0.3) is 0 Å². The van der Waals surface area contributed by atoms with Crippen LogP contribution < -0.4 is 5.73 Å². The molecule has 0 aromatic rings. The number of rotatable bonds is 4. The van der Waals surface area contributed by atoms with Gasteiger partial charge < -0.3 is 10.8 Å². The highest BCUT2D eigenvalue weighted by Gasteiger charge is 2.22. The summed E-state index contributed by atoms with van der Waals surface area (Å²) in [5.74, 6) is 1.17. The molecule has 0 saturated carbocycles. The smallest absolute Gasteiger partial charge is 0.0476 e. The van der Waals surface area contributed by atoms with Crippen molar-refractivity contribution < 1.29 is 5.11 Å². The van der Waals surface area contributed by atoms with Crippen LogP contribution in [0.1, 0.15) is 27.7 Å². The van der Waals surface area contributed by atoms with Gasteiger partial charge in [0.15, 0.2) is 0 Å². The highest BCUT2D eigenvalue weighted by molar-refractivity contribution is 4.77. The van der Waals surface area contributed by atoms with E-state index in [2.05, 4.69) is 27.7 Å². The summed E-state index contributed by atoms with van der Waals surface area (Å²) >= 11 is 0. The van der Waals surface area contributed by atoms with Gasteiger partial charge in [-0.2, -0.15) is 0 Å². The van der Waals surface area contributed by atoms with Gasteiger partial charge in [0.25, 0.3) is 0 Å². The summed E-state index contributed by atoms with van der Waals surface area (Å²) in [6, 6.07) is 0.125. The Bertz CT molecular complexity index is 102. The molecule has 0 heterocycles. The van der Waals surface area contributed by atoms with Gasteiger partial charge in [-0.3, -0.25) is 0 Å². The predicted molar refractivity (Wildman–Crippen MR) is 48.2 cm³/mol. The Balaban J connectivity index is 4.02. The number of hydrogen-bond acceptors (Lipinski definition) is 2. The molecule has 68 valence electrons. The Labute approximate surface area is 69.8 Å². The Morgan fingerprint density at radius 2 is 1.55 bits per heavy atom. The summed E-state index contributed by atoms with van der Waals surface area (Å²) in [6.07, 6.45) is 0. The second-order valence-electron chi connectivity index (χ2n) is 3.91. The van der Waals surface area contributed by atoms with E-state index >= 15 is 0 Å². The molecule has 0 rings (SSSR count). The van der Waals surface area contributed by atoms with Crippen molar-refractivity contribution in [2.45, 2.75) is 33.7 Å². The van der Waals surface area contributed by atoms with Crippen LogP contribution >= 0.6 is 0 Å². The Morgan fingerprint density at radius 1 is 1.09 bits per heavy atom. The lowest BCUT2D eigenvalue weighted by Gasteiger charge is -2.28. The van der Waals surface area contributed by atoms with Gasteiger partial charge >= 0.3 is 0 Å². The third-order valence-electron chi connectivity index (χ3n) is 2.33. The third kappa shape index (κ3) is 3.21. The van der Waals surface area contributed by atoms with E-state index in [1.165, 1.54) is 0 Å². The third-order valence-corrected chi connectivity index (χ3v) is 2.33. The summed E-state index contributed by atoms with van der Waals surface area (Å²) in [5.41, 5.74) is 5.91. The Hall–Kier alpha value is -0.0800. The van der Waals surface area contributed by atoms with Gasteiger partial charge in [0, 0.05) is 12.6 Å². The van der Waals surface area contributed by atoms with Crippen molar-refractivity contribution in [2.75, 3.05) is 6.61 Å². The average Bonchev–Trinajstić information content (AvgIpc) is 1.88. The molecule has 0 radical (unpaired) electrons. The number of aliphatic hydroxyl groups is 1. The monoisotopic (exact) mass is 159 g/mol.